The van der Waals surface area contributed by atoms with Crippen LogP contribution in [0.15, 0.2) is 42.7 Å². The quantitative estimate of drug-likeness (QED) is 0.591. The summed E-state index contributed by atoms with van der Waals surface area (Å²) in [5, 5.41) is 5.53. The fraction of sp³-hybridized carbons (Fsp3) is 0.111. The van der Waals surface area contributed by atoms with Crippen LogP contribution in [-0.2, 0) is 16.1 Å². The molecular weight excluding hydrogens is 370 g/mol. The van der Waals surface area contributed by atoms with E-state index in [1.54, 1.807) is 48.0 Å². The van der Waals surface area contributed by atoms with E-state index in [-0.39, 0.29) is 12.1 Å². The first-order valence-electron chi connectivity index (χ1n) is 7.96. The zero-order chi connectivity index (χ0) is 19.6. The van der Waals surface area contributed by atoms with Gasteiger partial charge in [0.25, 0.3) is 0 Å². The average molecular weight is 386 g/mol. The molecule has 0 aliphatic rings. The topological polar surface area (TPSA) is 119 Å². The normalized spacial score (nSPS) is 10.6. The molecule has 0 saturated carbocycles. The molecule has 2 heterocycles. The number of aryl methyl sites for hydroxylation is 1. The molecule has 2 aromatic heterocycles. The molecule has 1 aromatic carbocycles. The van der Waals surface area contributed by atoms with Crippen molar-refractivity contribution in [3.63, 3.8) is 0 Å². The maximum atomic E-state index is 12.1. The Morgan fingerprint density at radius 1 is 1.15 bits per heavy atom. The minimum absolute atomic E-state index is 0.0753. The van der Waals surface area contributed by atoms with Crippen molar-refractivity contribution in [1.82, 2.24) is 14.7 Å². The van der Waals surface area contributed by atoms with E-state index in [9.17, 15) is 14.4 Å². The summed E-state index contributed by atoms with van der Waals surface area (Å²) in [5.41, 5.74) is 7.75. The van der Waals surface area contributed by atoms with Gasteiger partial charge in [0.2, 0.25) is 5.91 Å². The van der Waals surface area contributed by atoms with E-state index in [2.05, 4.69) is 15.6 Å². The third-order valence-electron chi connectivity index (χ3n) is 3.87. The number of nitrogens with two attached hydrogens (primary N) is 1. The number of hydrogen-bond acceptors (Lipinski definition) is 4. The second-order valence-electron chi connectivity index (χ2n) is 5.88. The Balaban J connectivity index is 1.64. The summed E-state index contributed by atoms with van der Waals surface area (Å²) in [4.78, 5) is 39.7. The fourth-order valence-electron chi connectivity index (χ4n) is 2.44. The zero-order valence-electron chi connectivity index (χ0n) is 14.3. The van der Waals surface area contributed by atoms with E-state index in [4.69, 9.17) is 17.3 Å². The van der Waals surface area contributed by atoms with Gasteiger partial charge in [-0.15, -0.1) is 0 Å². The highest BCUT2D eigenvalue weighted by Gasteiger charge is 2.16. The maximum Gasteiger partial charge on any atom is 0.313 e. The summed E-state index contributed by atoms with van der Waals surface area (Å²) in [6.07, 6.45) is 3.40. The van der Waals surface area contributed by atoms with Gasteiger partial charge in [-0.25, -0.2) is 4.98 Å². The van der Waals surface area contributed by atoms with Gasteiger partial charge in [0.15, 0.2) is 0 Å². The van der Waals surface area contributed by atoms with Crippen molar-refractivity contribution >= 4 is 40.7 Å². The maximum absolute atomic E-state index is 12.1. The summed E-state index contributed by atoms with van der Waals surface area (Å²) in [6.45, 7) is 1.81. The third-order valence-corrected chi connectivity index (χ3v) is 4.10. The minimum atomic E-state index is -0.855. The second kappa shape index (κ2) is 7.46. The number of nitrogens with zero attached hydrogens (tertiary/aromatic N) is 2. The van der Waals surface area contributed by atoms with E-state index in [1.807, 2.05) is 0 Å². The van der Waals surface area contributed by atoms with Crippen LogP contribution in [0.1, 0.15) is 21.6 Å². The average Bonchev–Trinajstić information content (AvgIpc) is 3.03. The second-order valence-corrected chi connectivity index (χ2v) is 6.31. The van der Waals surface area contributed by atoms with E-state index >= 15 is 0 Å². The largest absolute Gasteiger partial charge is 0.366 e. The van der Waals surface area contributed by atoms with Gasteiger partial charge in [0, 0.05) is 23.6 Å². The Labute approximate surface area is 159 Å². The van der Waals surface area contributed by atoms with Gasteiger partial charge in [-0.3, -0.25) is 14.4 Å². The van der Waals surface area contributed by atoms with Crippen molar-refractivity contribution in [1.29, 1.82) is 0 Å². The Morgan fingerprint density at radius 3 is 2.67 bits per heavy atom. The summed E-state index contributed by atoms with van der Waals surface area (Å²) in [6, 6.07) is 8.06. The third kappa shape index (κ3) is 4.24. The molecule has 3 rings (SSSR count). The number of pyridine rings is 1. The number of fused-ring (bicyclic) bond motifs is 1. The van der Waals surface area contributed by atoms with Crippen LogP contribution in [0.4, 0.5) is 5.69 Å². The first-order chi connectivity index (χ1) is 12.8. The number of amides is 3. The fourth-order valence-corrected chi connectivity index (χ4v) is 2.61. The predicted molar refractivity (Wildman–Crippen MR) is 100 cm³/mol. The highest BCUT2D eigenvalue weighted by Crippen LogP contribution is 2.16. The van der Waals surface area contributed by atoms with Crippen molar-refractivity contribution in [2.75, 3.05) is 5.32 Å². The molecule has 4 N–H and O–H groups in total. The van der Waals surface area contributed by atoms with Crippen LogP contribution < -0.4 is 16.4 Å². The van der Waals surface area contributed by atoms with E-state index < -0.39 is 17.7 Å². The number of carbonyl (C=O) groups excluding carboxylic acids is 3. The first kappa shape index (κ1) is 18.4. The van der Waals surface area contributed by atoms with Gasteiger partial charge in [-0.05, 0) is 36.8 Å². The van der Waals surface area contributed by atoms with Crippen molar-refractivity contribution in [2.45, 2.75) is 13.5 Å². The molecule has 3 amide bonds. The molecule has 0 saturated heterocycles. The number of anilines is 1. The molecule has 0 unspecified atom stereocenters. The molecular formula is C18H16ClN5O3. The van der Waals surface area contributed by atoms with Gasteiger partial charge >= 0.3 is 11.8 Å². The monoisotopic (exact) mass is 385 g/mol. The molecule has 0 bridgehead atoms. The van der Waals surface area contributed by atoms with Crippen molar-refractivity contribution in [3.8, 4) is 0 Å². The lowest BCUT2D eigenvalue weighted by Crippen LogP contribution is -2.35. The molecule has 0 spiro atoms. The number of hydrogen-bond donors (Lipinski definition) is 3. The minimum Gasteiger partial charge on any atom is -0.366 e. The molecule has 0 fully saturated rings. The van der Waals surface area contributed by atoms with Crippen LogP contribution >= 0.6 is 11.6 Å². The molecule has 9 heteroatoms. The smallest absolute Gasteiger partial charge is 0.313 e. The summed E-state index contributed by atoms with van der Waals surface area (Å²) < 4.78 is 1.72. The predicted octanol–water partition coefficient (Wildman–Crippen LogP) is 1.65. The molecule has 27 heavy (non-hydrogen) atoms. The van der Waals surface area contributed by atoms with Crippen molar-refractivity contribution in [3.05, 3.63) is 64.6 Å². The van der Waals surface area contributed by atoms with Crippen LogP contribution in [0, 0.1) is 6.92 Å². The number of carbonyl (C=O) groups is 3. The first-order valence-corrected chi connectivity index (χ1v) is 8.34. The van der Waals surface area contributed by atoms with E-state index in [0.717, 1.165) is 0 Å². The Hall–Kier alpha value is -3.39. The Bertz CT molecular complexity index is 1060. The summed E-state index contributed by atoms with van der Waals surface area (Å²) in [5.74, 6) is -2.30. The van der Waals surface area contributed by atoms with E-state index in [0.29, 0.717) is 27.6 Å². The Morgan fingerprint density at radius 2 is 1.93 bits per heavy atom. The summed E-state index contributed by atoms with van der Waals surface area (Å²) >= 11 is 5.92. The number of imidazole rings is 1. The Kier molecular flexibility index (Phi) is 5.09. The van der Waals surface area contributed by atoms with Gasteiger partial charge in [0.1, 0.15) is 5.65 Å². The van der Waals surface area contributed by atoms with Crippen LogP contribution in [0.25, 0.3) is 5.65 Å². The number of nitrogens with one attached hydrogen (secondary N) is 2. The SMILES string of the molecule is Cc1ccc(C(N)=O)cc1NC(=O)C(=O)NCc1cn2cc(Cl)ccc2n1. The molecule has 0 atom stereocenters. The van der Waals surface area contributed by atoms with Gasteiger partial charge < -0.3 is 20.8 Å². The van der Waals surface area contributed by atoms with E-state index in [1.165, 1.54) is 6.07 Å². The van der Waals surface area contributed by atoms with Gasteiger partial charge in [-0.2, -0.15) is 0 Å². The number of halogens is 1. The van der Waals surface area contributed by atoms with Gasteiger partial charge in [-0.1, -0.05) is 17.7 Å². The summed E-state index contributed by atoms with van der Waals surface area (Å²) in [7, 11) is 0. The lowest BCUT2D eigenvalue weighted by Gasteiger charge is -2.09. The zero-order valence-corrected chi connectivity index (χ0v) is 15.1. The molecule has 0 aliphatic carbocycles. The van der Waals surface area contributed by atoms with Crippen molar-refractivity contribution in [2.24, 2.45) is 5.73 Å². The molecule has 0 aliphatic heterocycles. The van der Waals surface area contributed by atoms with Crippen LogP contribution in [-0.4, -0.2) is 27.1 Å². The van der Waals surface area contributed by atoms with Gasteiger partial charge in [0.05, 0.1) is 17.3 Å². The molecule has 138 valence electrons. The van der Waals surface area contributed by atoms with Crippen LogP contribution in [0.5, 0.6) is 0 Å². The lowest BCUT2D eigenvalue weighted by atomic mass is 10.1. The van der Waals surface area contributed by atoms with Crippen molar-refractivity contribution < 1.29 is 14.4 Å². The molecule has 3 aromatic rings. The number of rotatable bonds is 4. The highest BCUT2D eigenvalue weighted by atomic mass is 35.5. The molecule has 0 radical (unpaired) electrons. The number of primary amides is 1. The highest BCUT2D eigenvalue weighted by molar-refractivity contribution is 6.39. The molecule has 8 nitrogen and oxygen atoms in total. The standard InChI is InChI=1S/C18H16ClN5O3/c1-10-2-3-11(16(20)25)6-14(10)23-18(27)17(26)21-7-13-9-24-8-12(19)4-5-15(24)22-13/h2-6,8-9H,7H2,1H3,(H2,20,25)(H,21,26)(H,23,27). The number of aromatic nitrogens is 2. The van der Waals surface area contributed by atoms with Crippen LogP contribution in [0.2, 0.25) is 5.02 Å². The number of benzene rings is 1. The van der Waals surface area contributed by atoms with Crippen LogP contribution in [0.3, 0.4) is 0 Å². The lowest BCUT2D eigenvalue weighted by molar-refractivity contribution is -0.136.